The number of hydrogen-bond donors (Lipinski definition) is 0. The molecule has 0 aromatic carbocycles. The maximum absolute atomic E-state index is 12.0. The molecule has 0 fully saturated rings. The lowest BCUT2D eigenvalue weighted by molar-refractivity contribution is -0.390. The summed E-state index contributed by atoms with van der Waals surface area (Å²) in [5, 5.41) is 14.4. The second kappa shape index (κ2) is 5.62. The van der Waals surface area contributed by atoms with E-state index in [1.165, 1.54) is 22.2 Å². The van der Waals surface area contributed by atoms with Crippen LogP contribution in [-0.2, 0) is 13.0 Å². The van der Waals surface area contributed by atoms with E-state index in [9.17, 15) is 14.9 Å². The highest BCUT2D eigenvalue weighted by Crippen LogP contribution is 2.23. The fourth-order valence-corrected chi connectivity index (χ4v) is 2.87. The molecule has 0 spiro atoms. The number of thiophene rings is 1. The third-order valence-corrected chi connectivity index (χ3v) is 4.29. The van der Waals surface area contributed by atoms with Crippen LogP contribution in [0.4, 0.5) is 5.82 Å². The van der Waals surface area contributed by atoms with Gasteiger partial charge in [-0.2, -0.15) is 4.68 Å². The van der Waals surface area contributed by atoms with Crippen molar-refractivity contribution in [2.45, 2.75) is 19.9 Å². The number of hydrogen-bond acceptors (Lipinski definition) is 5. The van der Waals surface area contributed by atoms with Crippen molar-refractivity contribution in [3.63, 3.8) is 0 Å². The van der Waals surface area contributed by atoms with Crippen molar-refractivity contribution in [3.8, 4) is 0 Å². The van der Waals surface area contributed by atoms with E-state index in [2.05, 4.69) is 21.0 Å². The van der Waals surface area contributed by atoms with E-state index in [0.717, 1.165) is 11.3 Å². The molecule has 0 saturated carbocycles. The van der Waals surface area contributed by atoms with Gasteiger partial charge in [-0.3, -0.25) is 4.79 Å². The summed E-state index contributed by atoms with van der Waals surface area (Å²) in [6, 6.07) is 3.69. The lowest BCUT2D eigenvalue weighted by Crippen LogP contribution is -2.09. The summed E-state index contributed by atoms with van der Waals surface area (Å²) in [5.74, 6) is -0.386. The van der Waals surface area contributed by atoms with Gasteiger partial charge in [-0.25, -0.2) is 0 Å². The Morgan fingerprint density at radius 2 is 2.32 bits per heavy atom. The SMILES string of the molecule is CCc1ccc(C(=O)Cn2cc(Br)c([N+](=O)[O-])n2)s1. The number of nitro groups is 1. The van der Waals surface area contributed by atoms with E-state index < -0.39 is 4.92 Å². The van der Waals surface area contributed by atoms with Crippen molar-refractivity contribution in [2.24, 2.45) is 0 Å². The number of ketones is 1. The largest absolute Gasteiger partial charge is 0.404 e. The van der Waals surface area contributed by atoms with Gasteiger partial charge in [-0.15, -0.1) is 11.3 Å². The van der Waals surface area contributed by atoms with Gasteiger partial charge >= 0.3 is 5.82 Å². The normalized spacial score (nSPS) is 10.6. The van der Waals surface area contributed by atoms with Gasteiger partial charge in [-0.05, 0) is 39.4 Å². The molecule has 2 aromatic rings. The van der Waals surface area contributed by atoms with E-state index in [0.29, 0.717) is 4.88 Å². The minimum atomic E-state index is -0.592. The second-order valence-corrected chi connectivity index (χ2v) is 5.82. The highest BCUT2D eigenvalue weighted by Gasteiger charge is 2.20. The summed E-state index contributed by atoms with van der Waals surface area (Å²) in [4.78, 5) is 23.8. The van der Waals surface area contributed by atoms with Crippen molar-refractivity contribution in [3.05, 3.63) is 42.7 Å². The van der Waals surface area contributed by atoms with Gasteiger partial charge in [0.1, 0.15) is 11.0 Å². The van der Waals surface area contributed by atoms with Crippen LogP contribution in [0.5, 0.6) is 0 Å². The van der Waals surface area contributed by atoms with Crippen molar-refractivity contribution in [2.75, 3.05) is 0 Å². The third kappa shape index (κ3) is 3.07. The average molecular weight is 344 g/mol. The molecular weight excluding hydrogens is 334 g/mol. The second-order valence-electron chi connectivity index (χ2n) is 3.80. The number of aryl methyl sites for hydroxylation is 1. The van der Waals surface area contributed by atoms with Crippen LogP contribution >= 0.6 is 27.3 Å². The van der Waals surface area contributed by atoms with Gasteiger partial charge < -0.3 is 10.1 Å². The van der Waals surface area contributed by atoms with Crippen LogP contribution in [0.15, 0.2) is 22.8 Å². The summed E-state index contributed by atoms with van der Waals surface area (Å²) in [6.45, 7) is 2.02. The number of halogens is 1. The first-order valence-corrected chi connectivity index (χ1v) is 7.11. The van der Waals surface area contributed by atoms with E-state index in [1.54, 1.807) is 6.07 Å². The maximum atomic E-state index is 12.0. The molecule has 2 rings (SSSR count). The van der Waals surface area contributed by atoms with Gasteiger partial charge in [0.2, 0.25) is 0 Å². The fourth-order valence-electron chi connectivity index (χ4n) is 1.53. The number of rotatable bonds is 5. The van der Waals surface area contributed by atoms with E-state index in [-0.39, 0.29) is 22.6 Å². The molecule has 0 amide bonds. The number of aromatic nitrogens is 2. The molecule has 100 valence electrons. The molecule has 0 aliphatic heterocycles. The Labute approximate surface area is 121 Å². The number of carbonyl (C=O) groups is 1. The molecule has 0 aliphatic carbocycles. The molecule has 6 nitrogen and oxygen atoms in total. The summed E-state index contributed by atoms with van der Waals surface area (Å²) in [6.07, 6.45) is 2.32. The topological polar surface area (TPSA) is 78.0 Å². The fraction of sp³-hybridized carbons (Fsp3) is 0.273. The molecule has 0 unspecified atom stereocenters. The van der Waals surface area contributed by atoms with Crippen LogP contribution in [0.25, 0.3) is 0 Å². The average Bonchev–Trinajstić information content (AvgIpc) is 2.95. The summed E-state index contributed by atoms with van der Waals surface area (Å²) < 4.78 is 1.54. The van der Waals surface area contributed by atoms with E-state index in [1.807, 2.05) is 13.0 Å². The minimum Gasteiger partial charge on any atom is -0.358 e. The van der Waals surface area contributed by atoms with Gasteiger partial charge in [0.15, 0.2) is 5.78 Å². The van der Waals surface area contributed by atoms with Crippen LogP contribution in [-0.4, -0.2) is 20.5 Å². The zero-order valence-electron chi connectivity index (χ0n) is 10.00. The van der Waals surface area contributed by atoms with Crippen molar-refractivity contribution in [1.29, 1.82) is 0 Å². The summed E-state index contributed by atoms with van der Waals surface area (Å²) in [5.41, 5.74) is 0. The highest BCUT2D eigenvalue weighted by molar-refractivity contribution is 9.10. The molecule has 0 radical (unpaired) electrons. The summed E-state index contributed by atoms with van der Waals surface area (Å²) >= 11 is 4.49. The van der Waals surface area contributed by atoms with E-state index in [4.69, 9.17) is 0 Å². The van der Waals surface area contributed by atoms with Crippen LogP contribution < -0.4 is 0 Å². The first kappa shape index (κ1) is 13.9. The monoisotopic (exact) mass is 343 g/mol. The van der Waals surface area contributed by atoms with Gasteiger partial charge in [-0.1, -0.05) is 6.92 Å². The molecule has 0 bridgehead atoms. The molecule has 0 aliphatic rings. The van der Waals surface area contributed by atoms with Crippen LogP contribution in [0.2, 0.25) is 0 Å². The van der Waals surface area contributed by atoms with Gasteiger partial charge in [0.05, 0.1) is 16.2 Å². The Bertz CT molecular complexity index is 635. The Balaban J connectivity index is 2.14. The van der Waals surface area contributed by atoms with Gasteiger partial charge in [0, 0.05) is 4.88 Å². The predicted octanol–water partition coefficient (Wildman–Crippen LogP) is 3.06. The first-order chi connectivity index (χ1) is 9.01. The summed E-state index contributed by atoms with van der Waals surface area (Å²) in [7, 11) is 0. The number of carbonyl (C=O) groups excluding carboxylic acids is 1. The lowest BCUT2D eigenvalue weighted by atomic mass is 10.3. The third-order valence-electron chi connectivity index (χ3n) is 2.46. The number of Topliss-reactive ketones (excluding diaryl/α,β-unsaturated/α-hetero) is 1. The van der Waals surface area contributed by atoms with Crippen LogP contribution in [0, 0.1) is 10.1 Å². The van der Waals surface area contributed by atoms with Crippen molar-refractivity contribution < 1.29 is 9.72 Å². The molecule has 2 heterocycles. The predicted molar refractivity (Wildman–Crippen MR) is 74.6 cm³/mol. The standard InChI is InChI=1S/C11H10BrN3O3S/c1-2-7-3-4-10(19-7)9(16)6-14-5-8(12)11(13-14)15(17)18/h3-5H,2,6H2,1H3. The van der Waals surface area contributed by atoms with Gasteiger partial charge in [0.25, 0.3) is 0 Å². The Kier molecular flexibility index (Phi) is 4.11. The molecule has 0 N–H and O–H groups in total. The maximum Gasteiger partial charge on any atom is 0.404 e. The minimum absolute atomic E-state index is 0.00386. The Morgan fingerprint density at radius 3 is 2.84 bits per heavy atom. The Hall–Kier alpha value is -1.54. The zero-order valence-corrected chi connectivity index (χ0v) is 12.4. The smallest absolute Gasteiger partial charge is 0.358 e. The van der Waals surface area contributed by atoms with Crippen molar-refractivity contribution in [1.82, 2.24) is 9.78 Å². The van der Waals surface area contributed by atoms with Crippen LogP contribution in [0.3, 0.4) is 0 Å². The molecule has 0 atom stereocenters. The lowest BCUT2D eigenvalue weighted by Gasteiger charge is -1.94. The molecule has 19 heavy (non-hydrogen) atoms. The quantitative estimate of drug-likeness (QED) is 0.474. The highest BCUT2D eigenvalue weighted by atomic mass is 79.9. The zero-order chi connectivity index (χ0) is 14.0. The Morgan fingerprint density at radius 1 is 1.58 bits per heavy atom. The van der Waals surface area contributed by atoms with Crippen LogP contribution in [0.1, 0.15) is 21.5 Å². The first-order valence-electron chi connectivity index (χ1n) is 5.50. The van der Waals surface area contributed by atoms with Crippen molar-refractivity contribution >= 4 is 38.9 Å². The molecule has 0 saturated heterocycles. The number of nitrogens with zero attached hydrogens (tertiary/aromatic N) is 3. The molecule has 2 aromatic heterocycles. The molecule has 8 heteroatoms. The van der Waals surface area contributed by atoms with E-state index >= 15 is 0 Å². The molecular formula is C11H10BrN3O3S.